The second-order valence-corrected chi connectivity index (χ2v) is 2.62. The summed E-state index contributed by atoms with van der Waals surface area (Å²) in [6, 6.07) is 0. The highest BCUT2D eigenvalue weighted by Crippen LogP contribution is 2.03. The van der Waals surface area contributed by atoms with Crippen LogP contribution in [0.15, 0.2) is 0 Å². The molecule has 0 radical (unpaired) electrons. The molecule has 1 amide bonds. The van der Waals surface area contributed by atoms with Crippen molar-refractivity contribution in [2.45, 2.75) is 20.3 Å². The molecule has 0 aromatic carbocycles. The van der Waals surface area contributed by atoms with Crippen LogP contribution in [0, 0.1) is 5.92 Å². The lowest BCUT2D eigenvalue weighted by molar-refractivity contribution is -0.119. The van der Waals surface area contributed by atoms with Crippen LogP contribution in [0.3, 0.4) is 0 Å². The lowest BCUT2D eigenvalue weighted by Gasteiger charge is -2.06. The van der Waals surface area contributed by atoms with Crippen molar-refractivity contribution in [3.8, 4) is 0 Å². The van der Waals surface area contributed by atoms with Crippen molar-refractivity contribution >= 4 is 23.0 Å². The molecular weight excluding hydrogens is 134 g/mol. The van der Waals surface area contributed by atoms with Gasteiger partial charge >= 0.3 is 0 Å². The van der Waals surface area contributed by atoms with Crippen LogP contribution < -0.4 is 5.73 Å². The summed E-state index contributed by atoms with van der Waals surface area (Å²) in [7, 11) is 0. The summed E-state index contributed by atoms with van der Waals surface area (Å²) in [5, 5.41) is 0. The largest absolute Gasteiger partial charge is 0.369 e. The van der Waals surface area contributed by atoms with Gasteiger partial charge in [-0.1, -0.05) is 19.1 Å². The molecular formula is C6H11NOS. The van der Waals surface area contributed by atoms with Gasteiger partial charge in [0.05, 0.1) is 5.92 Å². The summed E-state index contributed by atoms with van der Waals surface area (Å²) in [6.45, 7) is 3.64. The molecule has 0 aromatic rings. The lowest BCUT2D eigenvalue weighted by Crippen LogP contribution is -2.27. The van der Waals surface area contributed by atoms with E-state index in [9.17, 15) is 4.79 Å². The average molecular weight is 145 g/mol. The van der Waals surface area contributed by atoms with Gasteiger partial charge in [0.15, 0.2) is 0 Å². The van der Waals surface area contributed by atoms with Crippen LogP contribution in [0.4, 0.5) is 0 Å². The average Bonchev–Trinajstić information content (AvgIpc) is 1.64. The number of carbonyl (C=O) groups excluding carboxylic acids is 1. The first-order valence-corrected chi connectivity index (χ1v) is 3.30. The summed E-state index contributed by atoms with van der Waals surface area (Å²) in [4.78, 5) is 11.2. The topological polar surface area (TPSA) is 43.1 Å². The third-order valence-corrected chi connectivity index (χ3v) is 1.53. The predicted octanol–water partition coefficient (Wildman–Crippen LogP) is 0.888. The quantitative estimate of drug-likeness (QED) is 0.599. The number of hydrogen-bond donors (Lipinski definition) is 1. The summed E-state index contributed by atoms with van der Waals surface area (Å²) in [6.07, 6.45) is 0.713. The van der Waals surface area contributed by atoms with Crippen LogP contribution in [-0.4, -0.2) is 10.8 Å². The van der Waals surface area contributed by atoms with Gasteiger partial charge in [-0.15, -0.1) is 0 Å². The Morgan fingerprint density at radius 1 is 1.78 bits per heavy atom. The highest BCUT2D eigenvalue weighted by molar-refractivity contribution is 7.80. The van der Waals surface area contributed by atoms with E-state index in [0.717, 1.165) is 0 Å². The van der Waals surface area contributed by atoms with Gasteiger partial charge in [0.1, 0.15) is 0 Å². The molecule has 9 heavy (non-hydrogen) atoms. The highest BCUT2D eigenvalue weighted by Gasteiger charge is 2.13. The van der Waals surface area contributed by atoms with Gasteiger partial charge in [-0.05, 0) is 13.3 Å². The first-order chi connectivity index (χ1) is 4.09. The van der Waals surface area contributed by atoms with E-state index >= 15 is 0 Å². The molecule has 0 saturated carbocycles. The van der Waals surface area contributed by atoms with E-state index in [4.69, 9.17) is 18.0 Å². The lowest BCUT2D eigenvalue weighted by atomic mass is 10.0. The third kappa shape index (κ3) is 2.56. The Labute approximate surface area is 60.4 Å². The molecule has 2 nitrogen and oxygen atoms in total. The number of carbonyl (C=O) groups is 1. The third-order valence-electron chi connectivity index (χ3n) is 1.24. The summed E-state index contributed by atoms with van der Waals surface area (Å²) >= 11 is 4.79. The van der Waals surface area contributed by atoms with Crippen molar-refractivity contribution in [3.05, 3.63) is 0 Å². The van der Waals surface area contributed by atoms with E-state index in [1.165, 1.54) is 0 Å². The van der Waals surface area contributed by atoms with Gasteiger partial charge in [-0.2, -0.15) is 0 Å². The van der Waals surface area contributed by atoms with E-state index in [-0.39, 0.29) is 11.8 Å². The maximum atomic E-state index is 10.5. The molecule has 0 aliphatic carbocycles. The Kier molecular flexibility index (Phi) is 3.39. The maximum Gasteiger partial charge on any atom is 0.225 e. The smallest absolute Gasteiger partial charge is 0.225 e. The fraction of sp³-hybridized carbons (Fsp3) is 0.667. The molecule has 0 bridgehead atoms. The van der Waals surface area contributed by atoms with Crippen LogP contribution >= 0.6 is 12.2 Å². The number of nitrogens with two attached hydrogens (primary N) is 1. The Hall–Kier alpha value is -0.440. The first-order valence-electron chi connectivity index (χ1n) is 2.89. The molecule has 1 unspecified atom stereocenters. The molecule has 0 heterocycles. The molecule has 0 rings (SSSR count). The van der Waals surface area contributed by atoms with Gasteiger partial charge in [0.2, 0.25) is 5.91 Å². The number of primary amides is 1. The fourth-order valence-corrected chi connectivity index (χ4v) is 0.972. The van der Waals surface area contributed by atoms with Crippen LogP contribution in [0.5, 0.6) is 0 Å². The van der Waals surface area contributed by atoms with E-state index in [1.54, 1.807) is 6.92 Å². The first kappa shape index (κ1) is 8.56. The number of rotatable bonds is 3. The molecule has 52 valence electrons. The van der Waals surface area contributed by atoms with Crippen molar-refractivity contribution < 1.29 is 4.79 Å². The minimum absolute atomic E-state index is 0.208. The van der Waals surface area contributed by atoms with E-state index in [0.29, 0.717) is 11.3 Å². The van der Waals surface area contributed by atoms with Crippen molar-refractivity contribution in [1.82, 2.24) is 0 Å². The second-order valence-electron chi connectivity index (χ2n) is 1.97. The van der Waals surface area contributed by atoms with Crippen LogP contribution in [0.2, 0.25) is 0 Å². The van der Waals surface area contributed by atoms with Gasteiger partial charge in [0.25, 0.3) is 0 Å². The van der Waals surface area contributed by atoms with Gasteiger partial charge in [0, 0.05) is 4.86 Å². The zero-order valence-electron chi connectivity index (χ0n) is 5.68. The predicted molar refractivity (Wildman–Crippen MR) is 41.2 cm³/mol. The molecule has 3 heteroatoms. The number of hydrogen-bond acceptors (Lipinski definition) is 2. The van der Waals surface area contributed by atoms with Crippen LogP contribution in [0.25, 0.3) is 0 Å². The minimum atomic E-state index is -0.315. The van der Waals surface area contributed by atoms with Gasteiger partial charge in [-0.25, -0.2) is 0 Å². The zero-order valence-corrected chi connectivity index (χ0v) is 6.49. The van der Waals surface area contributed by atoms with Gasteiger partial charge < -0.3 is 5.73 Å². The minimum Gasteiger partial charge on any atom is -0.369 e. The molecule has 0 fully saturated rings. The highest BCUT2D eigenvalue weighted by atomic mass is 32.1. The second kappa shape index (κ2) is 3.56. The fourth-order valence-electron chi connectivity index (χ4n) is 0.689. The zero-order chi connectivity index (χ0) is 7.44. The van der Waals surface area contributed by atoms with E-state index in [2.05, 4.69) is 0 Å². The summed E-state index contributed by atoms with van der Waals surface area (Å²) in [5.41, 5.74) is 5.02. The number of amides is 1. The van der Waals surface area contributed by atoms with Gasteiger partial charge in [-0.3, -0.25) is 4.79 Å². The van der Waals surface area contributed by atoms with Crippen molar-refractivity contribution in [2.75, 3.05) is 0 Å². The molecule has 0 aliphatic rings. The molecule has 0 saturated heterocycles. The molecule has 2 N–H and O–H groups in total. The summed E-state index contributed by atoms with van der Waals surface area (Å²) < 4.78 is 0. The SMILES string of the molecule is CCC(C(N)=O)C(C)=S. The summed E-state index contributed by atoms with van der Waals surface area (Å²) in [5.74, 6) is -0.523. The maximum absolute atomic E-state index is 10.5. The Morgan fingerprint density at radius 2 is 2.22 bits per heavy atom. The molecule has 0 aromatic heterocycles. The molecule has 1 atom stereocenters. The van der Waals surface area contributed by atoms with E-state index in [1.807, 2.05) is 6.92 Å². The molecule has 0 aliphatic heterocycles. The standard InChI is InChI=1S/C6H11NOS/c1-3-5(4(2)9)6(7)8/h5H,3H2,1-2H3,(H2,7,8). The normalized spacial score (nSPS) is 12.7. The van der Waals surface area contributed by atoms with Crippen molar-refractivity contribution in [2.24, 2.45) is 11.7 Å². The molecule has 0 spiro atoms. The Bertz CT molecular complexity index is 119. The van der Waals surface area contributed by atoms with Crippen LogP contribution in [0.1, 0.15) is 20.3 Å². The van der Waals surface area contributed by atoms with Crippen LogP contribution in [-0.2, 0) is 4.79 Å². The number of thiocarbonyl (C=S) groups is 1. The van der Waals surface area contributed by atoms with Crippen molar-refractivity contribution in [1.29, 1.82) is 0 Å². The Balaban J connectivity index is 3.99. The van der Waals surface area contributed by atoms with Crippen molar-refractivity contribution in [3.63, 3.8) is 0 Å². The monoisotopic (exact) mass is 145 g/mol. The Morgan fingerprint density at radius 3 is 2.22 bits per heavy atom. The van der Waals surface area contributed by atoms with E-state index < -0.39 is 0 Å².